The Kier molecular flexibility index (Phi) is 7.48. The predicted molar refractivity (Wildman–Crippen MR) is 99.8 cm³/mol. The van der Waals surface area contributed by atoms with Crippen LogP contribution in [0.4, 0.5) is 0 Å². The van der Waals surface area contributed by atoms with Crippen LogP contribution in [-0.4, -0.2) is 43.3 Å². The molecule has 10 nitrogen and oxygen atoms in total. The molecular formula is C17H23N2O8P. The van der Waals surface area contributed by atoms with Gasteiger partial charge < -0.3 is 19.6 Å². The lowest BCUT2D eigenvalue weighted by Crippen LogP contribution is -2.33. The van der Waals surface area contributed by atoms with Crippen LogP contribution in [-0.2, 0) is 13.8 Å². The molecule has 1 fully saturated rings. The van der Waals surface area contributed by atoms with Gasteiger partial charge in [-0.05, 0) is 13.8 Å². The van der Waals surface area contributed by atoms with Crippen LogP contribution in [0.3, 0.4) is 0 Å². The molecule has 3 atom stereocenters. The molecule has 1 aliphatic rings. The maximum Gasteiger partial charge on any atom is 0.469 e. The van der Waals surface area contributed by atoms with E-state index in [0.29, 0.717) is 5.56 Å². The second kappa shape index (κ2) is 9.42. The number of aromatic amines is 1. The van der Waals surface area contributed by atoms with Gasteiger partial charge in [0.05, 0.1) is 12.7 Å². The highest BCUT2D eigenvalue weighted by atomic mass is 31.2. The lowest BCUT2D eigenvalue weighted by molar-refractivity contribution is -0.0451. The van der Waals surface area contributed by atoms with E-state index >= 15 is 0 Å². The molecule has 4 N–H and O–H groups in total. The van der Waals surface area contributed by atoms with Crippen molar-refractivity contribution >= 4 is 7.82 Å². The number of phosphoric ester groups is 1. The molecule has 0 spiro atoms. The number of nitrogens with one attached hydrogen (secondary N) is 1. The molecule has 28 heavy (non-hydrogen) atoms. The molecule has 0 unspecified atom stereocenters. The summed E-state index contributed by atoms with van der Waals surface area (Å²) in [4.78, 5) is 42.3. The van der Waals surface area contributed by atoms with Crippen LogP contribution in [0.5, 0.6) is 0 Å². The van der Waals surface area contributed by atoms with Gasteiger partial charge >= 0.3 is 13.5 Å². The van der Waals surface area contributed by atoms with Crippen molar-refractivity contribution in [2.45, 2.75) is 38.7 Å². The van der Waals surface area contributed by atoms with E-state index in [2.05, 4.69) is 28.6 Å². The van der Waals surface area contributed by atoms with Gasteiger partial charge in [-0.3, -0.25) is 18.9 Å². The average molecular weight is 414 g/mol. The molecule has 0 amide bonds. The summed E-state index contributed by atoms with van der Waals surface area (Å²) in [5, 5.41) is 9.79. The smallest absolute Gasteiger partial charge is 0.390 e. The molecule has 1 aromatic heterocycles. The molecule has 1 aliphatic heterocycles. The molecule has 0 bridgehead atoms. The molecular weight excluding hydrogens is 391 g/mol. The summed E-state index contributed by atoms with van der Waals surface area (Å²) in [7, 11) is -4.67. The molecule has 0 radical (unpaired) electrons. The number of hydrogen-bond donors (Lipinski definition) is 4. The molecule has 1 saturated heterocycles. The van der Waals surface area contributed by atoms with Crippen molar-refractivity contribution in [1.82, 2.24) is 9.55 Å². The highest BCUT2D eigenvalue weighted by Crippen LogP contribution is 2.38. The van der Waals surface area contributed by atoms with Crippen LogP contribution in [0.1, 0.15) is 23.8 Å². The van der Waals surface area contributed by atoms with Crippen molar-refractivity contribution in [2.24, 2.45) is 0 Å². The number of rotatable bonds is 4. The van der Waals surface area contributed by atoms with E-state index in [-0.39, 0.29) is 6.42 Å². The second-order valence-electron chi connectivity index (χ2n) is 6.35. The summed E-state index contributed by atoms with van der Waals surface area (Å²) >= 11 is 0. The SMILES string of the molecule is Cc1ccccc1.Cc1cn([C@H]2C[C@H](O)[C@@H](COP(=O)(O)O)O2)c(=O)[nH]c1=O. The lowest BCUT2D eigenvalue weighted by atomic mass is 10.2. The summed E-state index contributed by atoms with van der Waals surface area (Å²) in [5.74, 6) is 0. The van der Waals surface area contributed by atoms with Crippen LogP contribution >= 0.6 is 7.82 Å². The highest BCUT2D eigenvalue weighted by molar-refractivity contribution is 7.46. The van der Waals surface area contributed by atoms with E-state index in [4.69, 9.17) is 14.5 Å². The minimum Gasteiger partial charge on any atom is -0.390 e. The number of phosphoric acid groups is 1. The van der Waals surface area contributed by atoms with Crippen molar-refractivity contribution in [3.05, 3.63) is 68.5 Å². The molecule has 0 aliphatic carbocycles. The largest absolute Gasteiger partial charge is 0.469 e. The number of ether oxygens (including phenoxy) is 1. The molecule has 0 saturated carbocycles. The van der Waals surface area contributed by atoms with Gasteiger partial charge in [0.1, 0.15) is 12.3 Å². The Balaban J connectivity index is 0.000000336. The Hall–Kier alpha value is -2.07. The van der Waals surface area contributed by atoms with Crippen molar-refractivity contribution in [3.8, 4) is 0 Å². The average Bonchev–Trinajstić information content (AvgIpc) is 2.97. The van der Waals surface area contributed by atoms with Crippen LogP contribution in [0.2, 0.25) is 0 Å². The molecule has 1 aromatic carbocycles. The third-order valence-corrected chi connectivity index (χ3v) is 4.49. The fourth-order valence-electron chi connectivity index (χ4n) is 2.54. The van der Waals surface area contributed by atoms with Gasteiger partial charge in [0.25, 0.3) is 5.56 Å². The molecule has 2 heterocycles. The summed E-state index contributed by atoms with van der Waals surface area (Å²) < 4.78 is 21.4. The minimum absolute atomic E-state index is 0.0283. The van der Waals surface area contributed by atoms with Crippen molar-refractivity contribution in [3.63, 3.8) is 0 Å². The first-order valence-electron chi connectivity index (χ1n) is 8.44. The lowest BCUT2D eigenvalue weighted by Gasteiger charge is -2.16. The third kappa shape index (κ3) is 6.52. The molecule has 11 heteroatoms. The van der Waals surface area contributed by atoms with E-state index in [1.165, 1.54) is 18.7 Å². The Morgan fingerprint density at radius 1 is 1.25 bits per heavy atom. The zero-order valence-corrected chi connectivity index (χ0v) is 16.3. The first-order valence-corrected chi connectivity index (χ1v) is 9.97. The van der Waals surface area contributed by atoms with Crippen molar-refractivity contribution in [1.29, 1.82) is 0 Å². The Morgan fingerprint density at radius 2 is 1.89 bits per heavy atom. The molecule has 3 rings (SSSR count). The normalized spacial score (nSPS) is 21.8. The van der Waals surface area contributed by atoms with Crippen LogP contribution in [0.15, 0.2) is 46.1 Å². The number of aliphatic hydroxyl groups is 1. The summed E-state index contributed by atoms with van der Waals surface area (Å²) in [6.45, 7) is 3.08. The van der Waals surface area contributed by atoms with E-state index in [9.17, 15) is 19.3 Å². The fourth-order valence-corrected chi connectivity index (χ4v) is 2.88. The first kappa shape index (κ1) is 22.2. The van der Waals surface area contributed by atoms with Crippen LogP contribution in [0, 0.1) is 13.8 Å². The second-order valence-corrected chi connectivity index (χ2v) is 7.59. The minimum atomic E-state index is -4.67. The molecule has 154 valence electrons. The van der Waals surface area contributed by atoms with Gasteiger partial charge in [0.15, 0.2) is 0 Å². The van der Waals surface area contributed by atoms with E-state index in [1.54, 1.807) is 0 Å². The Bertz CT molecular complexity index is 936. The standard InChI is InChI=1S/C10H15N2O8P.C7H8/c1-5-3-12(10(15)11-9(5)14)8-2-6(13)7(20-8)4-19-21(16,17)18;1-7-5-3-2-4-6-7/h3,6-8,13H,2,4H2,1H3,(H,11,14,15)(H2,16,17,18);2-6H,1H3/t6-,7+,8+;/m0./s1. The summed E-state index contributed by atoms with van der Waals surface area (Å²) in [5.41, 5.74) is 0.403. The number of benzene rings is 1. The van der Waals surface area contributed by atoms with E-state index in [0.717, 1.165) is 4.57 Å². The van der Waals surface area contributed by atoms with E-state index in [1.807, 2.05) is 18.2 Å². The quantitative estimate of drug-likeness (QED) is 0.531. The number of aryl methyl sites for hydroxylation is 2. The van der Waals surface area contributed by atoms with Crippen molar-refractivity contribution in [2.75, 3.05) is 6.61 Å². The Morgan fingerprint density at radius 3 is 2.43 bits per heavy atom. The van der Waals surface area contributed by atoms with E-state index < -0.39 is 44.1 Å². The topological polar surface area (TPSA) is 151 Å². The third-order valence-electron chi connectivity index (χ3n) is 4.01. The zero-order valence-electron chi connectivity index (χ0n) is 15.4. The van der Waals surface area contributed by atoms with Gasteiger partial charge in [0, 0.05) is 18.2 Å². The summed E-state index contributed by atoms with van der Waals surface area (Å²) in [6.07, 6.45) is -1.57. The Labute approximate surface area is 160 Å². The van der Waals surface area contributed by atoms with Gasteiger partial charge in [-0.1, -0.05) is 35.9 Å². The zero-order chi connectivity index (χ0) is 20.9. The number of aliphatic hydroxyl groups excluding tert-OH is 1. The van der Waals surface area contributed by atoms with Gasteiger partial charge in [0.2, 0.25) is 0 Å². The van der Waals surface area contributed by atoms with Crippen molar-refractivity contribution < 1.29 is 28.7 Å². The van der Waals surface area contributed by atoms with Gasteiger partial charge in [-0.25, -0.2) is 9.36 Å². The number of nitrogens with zero attached hydrogens (tertiary/aromatic N) is 1. The predicted octanol–water partition coefficient (Wildman–Crippen LogP) is 0.598. The highest BCUT2D eigenvalue weighted by Gasteiger charge is 2.37. The number of aromatic nitrogens is 2. The van der Waals surface area contributed by atoms with Gasteiger partial charge in [-0.2, -0.15) is 0 Å². The maximum atomic E-state index is 11.7. The number of H-pyrrole nitrogens is 1. The van der Waals surface area contributed by atoms with Gasteiger partial charge in [-0.15, -0.1) is 0 Å². The number of hydrogen-bond acceptors (Lipinski definition) is 6. The summed E-state index contributed by atoms with van der Waals surface area (Å²) in [6, 6.07) is 10.3. The van der Waals surface area contributed by atoms with Crippen LogP contribution in [0.25, 0.3) is 0 Å². The maximum absolute atomic E-state index is 11.7. The first-order chi connectivity index (χ1) is 13.1. The monoisotopic (exact) mass is 414 g/mol. The fraction of sp³-hybridized carbons (Fsp3) is 0.412. The molecule has 2 aromatic rings. The van der Waals surface area contributed by atoms with Crippen LogP contribution < -0.4 is 11.2 Å².